The Morgan fingerprint density at radius 1 is 1.48 bits per heavy atom. The molecule has 0 amide bonds. The van der Waals surface area contributed by atoms with E-state index in [0.29, 0.717) is 49.9 Å². The van der Waals surface area contributed by atoms with E-state index in [1.165, 1.54) is 23.1 Å². The second kappa shape index (κ2) is 8.48. The van der Waals surface area contributed by atoms with Crippen molar-refractivity contribution in [3.05, 3.63) is 26.6 Å². The lowest BCUT2D eigenvalue weighted by atomic mass is 10.2. The van der Waals surface area contributed by atoms with Gasteiger partial charge in [0.2, 0.25) is 0 Å². The fourth-order valence-electron chi connectivity index (χ4n) is 2.11. The van der Waals surface area contributed by atoms with Crippen molar-refractivity contribution in [1.29, 1.82) is 0 Å². The smallest absolute Gasteiger partial charge is 0.348 e. The second-order valence-corrected chi connectivity index (χ2v) is 7.83. The second-order valence-electron chi connectivity index (χ2n) is 5.83. The third-order valence-electron chi connectivity index (χ3n) is 3.28. The summed E-state index contributed by atoms with van der Waals surface area (Å²) in [5.41, 5.74) is 6.20. The van der Waals surface area contributed by atoms with Crippen LogP contribution < -0.4 is 11.3 Å². The molecule has 0 saturated heterocycles. The number of rotatable bonds is 6. The standard InChI is InChI=1S/C16H22N4O3S2/c1-5-23-15(22)12-9(4)11-13(21)19-10(20-14(11)25-12)7-24-16(17)18-6-8(2)3/h8H,5-7H2,1-4H3,(H2,17,18)(H,19,20,21). The number of aliphatic imine (C=N–C) groups is 1. The average molecular weight is 383 g/mol. The number of thiophene rings is 1. The quantitative estimate of drug-likeness (QED) is 0.451. The first-order valence-corrected chi connectivity index (χ1v) is 9.75. The molecule has 7 nitrogen and oxygen atoms in total. The molecule has 2 heterocycles. The highest BCUT2D eigenvalue weighted by molar-refractivity contribution is 8.13. The van der Waals surface area contributed by atoms with E-state index in [-0.39, 0.29) is 12.2 Å². The van der Waals surface area contributed by atoms with Crippen LogP contribution in [0.15, 0.2) is 9.79 Å². The summed E-state index contributed by atoms with van der Waals surface area (Å²) in [4.78, 5) is 36.8. The van der Waals surface area contributed by atoms with Gasteiger partial charge in [-0.2, -0.15) is 0 Å². The van der Waals surface area contributed by atoms with Gasteiger partial charge in [0.1, 0.15) is 15.5 Å². The summed E-state index contributed by atoms with van der Waals surface area (Å²) >= 11 is 2.49. The molecule has 3 N–H and O–H groups in total. The number of nitrogens with two attached hydrogens (primary N) is 1. The van der Waals surface area contributed by atoms with Gasteiger partial charge in [-0.3, -0.25) is 9.79 Å². The third kappa shape index (κ3) is 4.82. The zero-order valence-electron chi connectivity index (χ0n) is 14.7. The van der Waals surface area contributed by atoms with Crippen LogP contribution in [0.5, 0.6) is 0 Å². The van der Waals surface area contributed by atoms with Gasteiger partial charge in [-0.05, 0) is 25.3 Å². The fraction of sp³-hybridized carbons (Fsp3) is 0.500. The molecule has 0 aromatic carbocycles. The molecule has 0 spiro atoms. The van der Waals surface area contributed by atoms with Gasteiger partial charge in [0, 0.05) is 6.54 Å². The van der Waals surface area contributed by atoms with Crippen molar-refractivity contribution in [1.82, 2.24) is 9.97 Å². The Hall–Kier alpha value is -1.87. The van der Waals surface area contributed by atoms with Crippen molar-refractivity contribution in [3.8, 4) is 0 Å². The normalized spacial score (nSPS) is 12.1. The number of aromatic amines is 1. The Kier molecular flexibility index (Phi) is 6.60. The summed E-state index contributed by atoms with van der Waals surface area (Å²) < 4.78 is 5.03. The number of aryl methyl sites for hydroxylation is 1. The van der Waals surface area contributed by atoms with Crippen LogP contribution in [0.25, 0.3) is 10.2 Å². The van der Waals surface area contributed by atoms with E-state index in [2.05, 4.69) is 28.8 Å². The zero-order valence-corrected chi connectivity index (χ0v) is 16.3. The van der Waals surface area contributed by atoms with Gasteiger partial charge < -0.3 is 15.5 Å². The molecule has 2 rings (SSSR count). The van der Waals surface area contributed by atoms with Gasteiger partial charge in [0.05, 0.1) is 17.7 Å². The molecule has 0 radical (unpaired) electrons. The number of esters is 1. The largest absolute Gasteiger partial charge is 0.462 e. The summed E-state index contributed by atoms with van der Waals surface area (Å²) in [6.07, 6.45) is 0. The van der Waals surface area contributed by atoms with Crippen LogP contribution in [0, 0.1) is 12.8 Å². The Morgan fingerprint density at radius 2 is 2.20 bits per heavy atom. The van der Waals surface area contributed by atoms with Crippen LogP contribution in [-0.2, 0) is 10.5 Å². The van der Waals surface area contributed by atoms with E-state index >= 15 is 0 Å². The van der Waals surface area contributed by atoms with E-state index in [4.69, 9.17) is 10.5 Å². The summed E-state index contributed by atoms with van der Waals surface area (Å²) in [7, 11) is 0. The van der Waals surface area contributed by atoms with Crippen molar-refractivity contribution >= 4 is 44.5 Å². The number of nitrogens with zero attached hydrogens (tertiary/aromatic N) is 2. The summed E-state index contributed by atoms with van der Waals surface area (Å²) in [6, 6.07) is 0. The highest BCUT2D eigenvalue weighted by atomic mass is 32.2. The lowest BCUT2D eigenvalue weighted by molar-refractivity contribution is 0.0531. The van der Waals surface area contributed by atoms with Gasteiger partial charge in [-0.15, -0.1) is 11.3 Å². The number of carbonyl (C=O) groups excluding carboxylic acids is 1. The number of H-pyrrole nitrogens is 1. The third-order valence-corrected chi connectivity index (χ3v) is 5.29. The fourth-order valence-corrected chi connectivity index (χ4v) is 3.79. The molecule has 0 aliphatic heterocycles. The highest BCUT2D eigenvalue weighted by Gasteiger charge is 2.20. The molecule has 25 heavy (non-hydrogen) atoms. The molecule has 0 fully saturated rings. The lowest BCUT2D eigenvalue weighted by Gasteiger charge is -2.03. The number of hydrogen-bond acceptors (Lipinski definition) is 7. The van der Waals surface area contributed by atoms with Gasteiger partial charge in [-0.25, -0.2) is 9.78 Å². The first-order chi connectivity index (χ1) is 11.8. The van der Waals surface area contributed by atoms with E-state index in [9.17, 15) is 9.59 Å². The van der Waals surface area contributed by atoms with Crippen molar-refractivity contribution in [2.75, 3.05) is 13.2 Å². The topological polar surface area (TPSA) is 110 Å². The molecule has 0 aliphatic rings. The first-order valence-electron chi connectivity index (χ1n) is 7.95. The van der Waals surface area contributed by atoms with Crippen molar-refractivity contribution in [2.24, 2.45) is 16.6 Å². The minimum Gasteiger partial charge on any atom is -0.462 e. The Morgan fingerprint density at radius 3 is 2.84 bits per heavy atom. The summed E-state index contributed by atoms with van der Waals surface area (Å²) in [5, 5.41) is 0.897. The number of aromatic nitrogens is 2. The zero-order chi connectivity index (χ0) is 18.6. The predicted molar refractivity (Wildman–Crippen MR) is 104 cm³/mol. The number of thioether (sulfide) groups is 1. The molecule has 0 atom stereocenters. The molecule has 0 bridgehead atoms. The van der Waals surface area contributed by atoms with Gasteiger partial charge >= 0.3 is 5.97 Å². The van der Waals surface area contributed by atoms with Crippen LogP contribution in [0.2, 0.25) is 0 Å². The molecule has 2 aromatic heterocycles. The maximum atomic E-state index is 12.4. The van der Waals surface area contributed by atoms with Gasteiger partial charge in [-0.1, -0.05) is 25.6 Å². The Bertz CT molecular complexity index is 855. The minimum absolute atomic E-state index is 0.261. The molecule has 2 aromatic rings. The molecular weight excluding hydrogens is 360 g/mol. The summed E-state index contributed by atoms with van der Waals surface area (Å²) in [6.45, 7) is 8.55. The van der Waals surface area contributed by atoms with E-state index in [0.717, 1.165) is 0 Å². The highest BCUT2D eigenvalue weighted by Crippen LogP contribution is 2.28. The average Bonchev–Trinajstić information content (AvgIpc) is 2.88. The van der Waals surface area contributed by atoms with E-state index in [1.807, 2.05) is 0 Å². The molecule has 9 heteroatoms. The number of hydrogen-bond donors (Lipinski definition) is 2. The molecule has 0 unspecified atom stereocenters. The Balaban J connectivity index is 2.25. The van der Waals surface area contributed by atoms with Crippen LogP contribution in [0.3, 0.4) is 0 Å². The van der Waals surface area contributed by atoms with Crippen molar-refractivity contribution < 1.29 is 9.53 Å². The molecule has 136 valence electrons. The van der Waals surface area contributed by atoms with Gasteiger partial charge in [0.15, 0.2) is 5.17 Å². The lowest BCUT2D eigenvalue weighted by Crippen LogP contribution is -2.13. The van der Waals surface area contributed by atoms with Crippen LogP contribution in [0.4, 0.5) is 0 Å². The monoisotopic (exact) mass is 382 g/mol. The predicted octanol–water partition coefficient (Wildman–Crippen LogP) is 2.67. The molecular formula is C16H22N4O3S2. The van der Waals surface area contributed by atoms with Crippen LogP contribution >= 0.6 is 23.1 Å². The SMILES string of the molecule is CCOC(=O)c1sc2nc(CSC(N)=NCC(C)C)[nH]c(=O)c2c1C. The van der Waals surface area contributed by atoms with E-state index < -0.39 is 5.97 Å². The number of ether oxygens (including phenoxy) is 1. The van der Waals surface area contributed by atoms with Crippen LogP contribution in [-0.4, -0.2) is 34.3 Å². The van der Waals surface area contributed by atoms with Crippen molar-refractivity contribution in [2.45, 2.75) is 33.4 Å². The number of fused-ring (bicyclic) bond motifs is 1. The molecule has 0 saturated carbocycles. The summed E-state index contributed by atoms with van der Waals surface area (Å²) in [5.74, 6) is 0.915. The van der Waals surface area contributed by atoms with Crippen molar-refractivity contribution in [3.63, 3.8) is 0 Å². The number of nitrogens with one attached hydrogen (secondary N) is 1. The van der Waals surface area contributed by atoms with Crippen LogP contribution in [0.1, 0.15) is 41.8 Å². The number of carbonyl (C=O) groups is 1. The van der Waals surface area contributed by atoms with Gasteiger partial charge in [0.25, 0.3) is 5.56 Å². The molecule has 0 aliphatic carbocycles. The maximum absolute atomic E-state index is 12.4. The maximum Gasteiger partial charge on any atom is 0.348 e. The Labute approximate surface area is 154 Å². The minimum atomic E-state index is -0.427. The first kappa shape index (κ1) is 19.5. The number of amidine groups is 1. The van der Waals surface area contributed by atoms with E-state index in [1.54, 1.807) is 13.8 Å².